The first-order valence-corrected chi connectivity index (χ1v) is 5.98. The Bertz CT molecular complexity index is 436. The molecular formula is C15H18NO+. The molecule has 2 aromatic rings. The number of aromatic nitrogens is 1. The Morgan fingerprint density at radius 1 is 1.00 bits per heavy atom. The fourth-order valence-corrected chi connectivity index (χ4v) is 1.63. The van der Waals surface area contributed by atoms with Gasteiger partial charge in [0.1, 0.15) is 5.75 Å². The van der Waals surface area contributed by atoms with Crippen LogP contribution in [0.3, 0.4) is 0 Å². The van der Waals surface area contributed by atoms with Crippen molar-refractivity contribution in [2.75, 3.05) is 6.61 Å². The third-order valence-corrected chi connectivity index (χ3v) is 2.63. The maximum atomic E-state index is 5.64. The molecule has 0 radical (unpaired) electrons. The topological polar surface area (TPSA) is 13.1 Å². The molecule has 0 aliphatic heterocycles. The second kappa shape index (κ2) is 6.04. The molecule has 0 aliphatic carbocycles. The third-order valence-electron chi connectivity index (χ3n) is 2.63. The van der Waals surface area contributed by atoms with E-state index in [1.165, 1.54) is 5.56 Å². The van der Waals surface area contributed by atoms with Crippen LogP contribution < -0.4 is 9.30 Å². The van der Waals surface area contributed by atoms with Gasteiger partial charge in [-0.3, -0.25) is 0 Å². The SMILES string of the molecule is Cc1cc[n+](CCCOc2ccccc2)cc1. The molecule has 88 valence electrons. The fraction of sp³-hybridized carbons (Fsp3) is 0.267. The van der Waals surface area contributed by atoms with Crippen molar-refractivity contribution in [2.24, 2.45) is 0 Å². The van der Waals surface area contributed by atoms with Crippen LogP contribution in [-0.2, 0) is 6.54 Å². The highest BCUT2D eigenvalue weighted by Gasteiger charge is 1.99. The Morgan fingerprint density at radius 3 is 2.41 bits per heavy atom. The summed E-state index contributed by atoms with van der Waals surface area (Å²) in [6.07, 6.45) is 5.23. The Morgan fingerprint density at radius 2 is 1.71 bits per heavy atom. The average Bonchev–Trinajstić information content (AvgIpc) is 2.38. The number of aryl methyl sites for hydroxylation is 2. The van der Waals surface area contributed by atoms with Crippen molar-refractivity contribution in [1.82, 2.24) is 0 Å². The second-order valence-corrected chi connectivity index (χ2v) is 4.13. The highest BCUT2D eigenvalue weighted by atomic mass is 16.5. The largest absolute Gasteiger partial charge is 0.493 e. The summed E-state index contributed by atoms with van der Waals surface area (Å²) in [5, 5.41) is 0. The van der Waals surface area contributed by atoms with Crippen LogP contribution in [0.1, 0.15) is 12.0 Å². The van der Waals surface area contributed by atoms with Crippen molar-refractivity contribution in [3.8, 4) is 5.75 Å². The van der Waals surface area contributed by atoms with Crippen molar-refractivity contribution in [1.29, 1.82) is 0 Å². The van der Waals surface area contributed by atoms with E-state index in [4.69, 9.17) is 4.74 Å². The summed E-state index contributed by atoms with van der Waals surface area (Å²) in [5.74, 6) is 0.946. The smallest absolute Gasteiger partial charge is 0.169 e. The van der Waals surface area contributed by atoms with E-state index in [0.717, 1.165) is 25.3 Å². The molecule has 0 fully saturated rings. The summed E-state index contributed by atoms with van der Waals surface area (Å²) in [7, 11) is 0. The minimum Gasteiger partial charge on any atom is -0.493 e. The first-order valence-electron chi connectivity index (χ1n) is 5.98. The van der Waals surface area contributed by atoms with Gasteiger partial charge in [0.25, 0.3) is 0 Å². The summed E-state index contributed by atoms with van der Waals surface area (Å²) in [6, 6.07) is 14.2. The van der Waals surface area contributed by atoms with Gasteiger partial charge in [0, 0.05) is 18.6 Å². The number of hydrogen-bond acceptors (Lipinski definition) is 1. The number of hydrogen-bond donors (Lipinski definition) is 0. The zero-order valence-corrected chi connectivity index (χ0v) is 10.2. The van der Waals surface area contributed by atoms with Crippen molar-refractivity contribution >= 4 is 0 Å². The molecule has 0 saturated carbocycles. The molecule has 2 nitrogen and oxygen atoms in total. The lowest BCUT2D eigenvalue weighted by Crippen LogP contribution is -2.33. The van der Waals surface area contributed by atoms with Crippen molar-refractivity contribution < 1.29 is 9.30 Å². The molecule has 0 aliphatic rings. The summed E-state index contributed by atoms with van der Waals surface area (Å²) >= 11 is 0. The first kappa shape index (κ1) is 11.6. The standard InChI is InChI=1S/C15H18NO/c1-14-8-11-16(12-9-14)10-5-13-17-15-6-3-2-4-7-15/h2-4,6-9,11-12H,5,10,13H2,1H3/q+1. The van der Waals surface area contributed by atoms with Gasteiger partial charge in [-0.15, -0.1) is 0 Å². The zero-order valence-electron chi connectivity index (χ0n) is 10.2. The van der Waals surface area contributed by atoms with Crippen LogP contribution in [0.5, 0.6) is 5.75 Å². The Kier molecular flexibility index (Phi) is 4.14. The number of para-hydroxylation sites is 1. The van der Waals surface area contributed by atoms with Crippen LogP contribution in [0.2, 0.25) is 0 Å². The van der Waals surface area contributed by atoms with Crippen LogP contribution >= 0.6 is 0 Å². The number of nitrogens with zero attached hydrogens (tertiary/aromatic N) is 1. The molecule has 1 aromatic heterocycles. The third kappa shape index (κ3) is 3.91. The molecule has 17 heavy (non-hydrogen) atoms. The molecule has 0 atom stereocenters. The van der Waals surface area contributed by atoms with Gasteiger partial charge in [-0.1, -0.05) is 18.2 Å². The average molecular weight is 228 g/mol. The van der Waals surface area contributed by atoms with E-state index >= 15 is 0 Å². The monoisotopic (exact) mass is 228 g/mol. The van der Waals surface area contributed by atoms with Crippen molar-refractivity contribution in [3.63, 3.8) is 0 Å². The summed E-state index contributed by atoms with van der Waals surface area (Å²) in [4.78, 5) is 0. The van der Waals surface area contributed by atoms with Gasteiger partial charge in [-0.2, -0.15) is 0 Å². The van der Waals surface area contributed by atoms with Gasteiger partial charge >= 0.3 is 0 Å². The Labute approximate surface area is 102 Å². The van der Waals surface area contributed by atoms with Gasteiger partial charge < -0.3 is 4.74 Å². The van der Waals surface area contributed by atoms with Crippen molar-refractivity contribution in [3.05, 3.63) is 60.4 Å². The van der Waals surface area contributed by atoms with E-state index in [9.17, 15) is 0 Å². The molecule has 0 bridgehead atoms. The van der Waals surface area contributed by atoms with Crippen LogP contribution in [-0.4, -0.2) is 6.61 Å². The fourth-order valence-electron chi connectivity index (χ4n) is 1.63. The quantitative estimate of drug-likeness (QED) is 0.566. The van der Waals surface area contributed by atoms with Crippen LogP contribution in [0.25, 0.3) is 0 Å². The van der Waals surface area contributed by atoms with Crippen molar-refractivity contribution in [2.45, 2.75) is 19.9 Å². The molecule has 0 spiro atoms. The molecular weight excluding hydrogens is 210 g/mol. The summed E-state index contributed by atoms with van der Waals surface area (Å²) in [6.45, 7) is 3.85. The molecule has 2 rings (SSSR count). The van der Waals surface area contributed by atoms with Crippen LogP contribution in [0, 0.1) is 6.92 Å². The minimum atomic E-state index is 0.755. The second-order valence-electron chi connectivity index (χ2n) is 4.13. The Balaban J connectivity index is 1.71. The van der Waals surface area contributed by atoms with Gasteiger partial charge in [-0.25, -0.2) is 4.57 Å². The molecule has 0 N–H and O–H groups in total. The van der Waals surface area contributed by atoms with Gasteiger partial charge in [0.05, 0.1) is 6.61 Å². The number of rotatable bonds is 5. The summed E-state index contributed by atoms with van der Waals surface area (Å²) < 4.78 is 7.82. The number of benzene rings is 1. The highest BCUT2D eigenvalue weighted by Crippen LogP contribution is 2.08. The Hall–Kier alpha value is -1.83. The van der Waals surface area contributed by atoms with E-state index in [-0.39, 0.29) is 0 Å². The number of pyridine rings is 1. The molecule has 0 saturated heterocycles. The molecule has 2 heteroatoms. The molecule has 0 amide bonds. The highest BCUT2D eigenvalue weighted by molar-refractivity contribution is 5.20. The zero-order chi connectivity index (χ0) is 11.9. The maximum absolute atomic E-state index is 5.64. The van der Waals surface area contributed by atoms with Crippen LogP contribution in [0.15, 0.2) is 54.9 Å². The lowest BCUT2D eigenvalue weighted by Gasteiger charge is -2.04. The van der Waals surface area contributed by atoms with Gasteiger partial charge in [-0.05, 0) is 24.6 Å². The first-order chi connectivity index (χ1) is 8.34. The van der Waals surface area contributed by atoms with E-state index in [1.54, 1.807) is 0 Å². The minimum absolute atomic E-state index is 0.755. The van der Waals surface area contributed by atoms with E-state index in [0.29, 0.717) is 0 Å². The van der Waals surface area contributed by atoms with E-state index < -0.39 is 0 Å². The van der Waals surface area contributed by atoms with Gasteiger partial charge in [0.15, 0.2) is 18.9 Å². The van der Waals surface area contributed by atoms with Crippen LogP contribution in [0.4, 0.5) is 0 Å². The normalized spacial score (nSPS) is 10.2. The predicted octanol–water partition coefficient (Wildman–Crippen LogP) is 2.75. The molecule has 1 heterocycles. The molecule has 1 aromatic carbocycles. The molecule has 0 unspecified atom stereocenters. The predicted molar refractivity (Wildman–Crippen MR) is 67.9 cm³/mol. The lowest BCUT2D eigenvalue weighted by molar-refractivity contribution is -0.697. The number of ether oxygens (including phenoxy) is 1. The maximum Gasteiger partial charge on any atom is 0.169 e. The van der Waals surface area contributed by atoms with E-state index in [1.807, 2.05) is 30.3 Å². The van der Waals surface area contributed by atoms with Gasteiger partial charge in [0.2, 0.25) is 0 Å². The summed E-state index contributed by atoms with van der Waals surface area (Å²) in [5.41, 5.74) is 1.29. The lowest BCUT2D eigenvalue weighted by atomic mass is 10.3. The van der Waals surface area contributed by atoms with E-state index in [2.05, 4.69) is 36.0 Å².